The Balaban J connectivity index is 0.00000243. The van der Waals surface area contributed by atoms with Crippen LogP contribution in [0.25, 0.3) is 0 Å². The predicted octanol–water partition coefficient (Wildman–Crippen LogP) is 2.18. The molecule has 2 aliphatic rings. The standard InChI is InChI=1S/C16H17ClF3N3O2.ClH/c17-10-1-2-11(12(18)7-10)14(24)22-3-5-23(6-4-22)15(25)13-8-16(19,20)9-21-13;/h1-2,7,13,21H,3-6,8-9H2;1H. The molecule has 0 aliphatic carbocycles. The number of hydrogen-bond donors (Lipinski definition) is 1. The van der Waals surface area contributed by atoms with E-state index in [1.54, 1.807) is 0 Å². The first-order valence-corrected chi connectivity index (χ1v) is 8.29. The molecule has 26 heavy (non-hydrogen) atoms. The Bertz CT molecular complexity index is 697. The van der Waals surface area contributed by atoms with E-state index in [1.165, 1.54) is 21.9 Å². The first-order chi connectivity index (χ1) is 11.8. The third kappa shape index (κ3) is 4.42. The maximum atomic E-state index is 13.9. The lowest BCUT2D eigenvalue weighted by atomic mass is 10.1. The summed E-state index contributed by atoms with van der Waals surface area (Å²) in [6.07, 6.45) is -0.513. The van der Waals surface area contributed by atoms with Crippen LogP contribution in [0.3, 0.4) is 0 Å². The van der Waals surface area contributed by atoms with Gasteiger partial charge in [0.05, 0.1) is 18.2 Å². The second-order valence-electron chi connectivity index (χ2n) is 6.24. The van der Waals surface area contributed by atoms with E-state index < -0.39 is 36.7 Å². The van der Waals surface area contributed by atoms with Crippen molar-refractivity contribution in [1.29, 1.82) is 0 Å². The van der Waals surface area contributed by atoms with E-state index in [2.05, 4.69) is 5.32 Å². The van der Waals surface area contributed by atoms with Crippen LogP contribution < -0.4 is 5.32 Å². The van der Waals surface area contributed by atoms with Crippen LogP contribution in [0.1, 0.15) is 16.8 Å². The number of nitrogens with zero attached hydrogens (tertiary/aromatic N) is 2. The molecular weight excluding hydrogens is 394 g/mol. The van der Waals surface area contributed by atoms with Gasteiger partial charge >= 0.3 is 0 Å². The zero-order valence-corrected chi connectivity index (χ0v) is 15.3. The van der Waals surface area contributed by atoms with E-state index in [0.717, 1.165) is 6.07 Å². The zero-order chi connectivity index (χ0) is 18.2. The lowest BCUT2D eigenvalue weighted by Crippen LogP contribution is -2.54. The number of alkyl halides is 2. The predicted molar refractivity (Wildman–Crippen MR) is 92.5 cm³/mol. The van der Waals surface area contributed by atoms with E-state index in [0.29, 0.717) is 0 Å². The first-order valence-electron chi connectivity index (χ1n) is 7.91. The number of nitrogens with one attached hydrogen (secondary N) is 1. The molecule has 1 aromatic rings. The molecule has 10 heteroatoms. The molecule has 2 heterocycles. The van der Waals surface area contributed by atoms with Crippen molar-refractivity contribution in [2.45, 2.75) is 18.4 Å². The number of carbonyl (C=O) groups excluding carboxylic acids is 2. The number of piperazine rings is 1. The van der Waals surface area contributed by atoms with Crippen molar-refractivity contribution in [1.82, 2.24) is 15.1 Å². The van der Waals surface area contributed by atoms with E-state index in [-0.39, 0.29) is 55.1 Å². The van der Waals surface area contributed by atoms with Crippen molar-refractivity contribution >= 4 is 35.8 Å². The first kappa shape index (κ1) is 20.8. The Morgan fingerprint density at radius 3 is 2.31 bits per heavy atom. The minimum atomic E-state index is -2.87. The van der Waals surface area contributed by atoms with Gasteiger partial charge in [-0.25, -0.2) is 13.2 Å². The summed E-state index contributed by atoms with van der Waals surface area (Å²) in [6, 6.07) is 2.93. The number of halogens is 5. The van der Waals surface area contributed by atoms with Gasteiger partial charge in [0.25, 0.3) is 11.8 Å². The van der Waals surface area contributed by atoms with Crippen molar-refractivity contribution < 1.29 is 22.8 Å². The van der Waals surface area contributed by atoms with Crippen LogP contribution in [0.4, 0.5) is 13.2 Å². The molecule has 1 aromatic carbocycles. The maximum absolute atomic E-state index is 13.9. The van der Waals surface area contributed by atoms with Crippen molar-refractivity contribution in [2.75, 3.05) is 32.7 Å². The molecule has 5 nitrogen and oxygen atoms in total. The van der Waals surface area contributed by atoms with Crippen molar-refractivity contribution in [2.24, 2.45) is 0 Å². The Kier molecular flexibility index (Phi) is 6.42. The summed E-state index contributed by atoms with van der Waals surface area (Å²) in [5.41, 5.74) is -0.0821. The Labute approximate surface area is 159 Å². The molecule has 0 spiro atoms. The minimum absolute atomic E-state index is 0. The summed E-state index contributed by atoms with van der Waals surface area (Å²) < 4.78 is 40.3. The highest BCUT2D eigenvalue weighted by Gasteiger charge is 2.44. The van der Waals surface area contributed by atoms with Crippen LogP contribution in [0.2, 0.25) is 5.02 Å². The summed E-state index contributed by atoms with van der Waals surface area (Å²) in [6.45, 7) is 0.385. The highest BCUT2D eigenvalue weighted by molar-refractivity contribution is 6.30. The summed E-state index contributed by atoms with van der Waals surface area (Å²) >= 11 is 5.68. The van der Waals surface area contributed by atoms with E-state index in [4.69, 9.17) is 11.6 Å². The molecule has 2 fully saturated rings. The molecule has 0 aromatic heterocycles. The number of amides is 2. The quantitative estimate of drug-likeness (QED) is 0.811. The van der Waals surface area contributed by atoms with Gasteiger partial charge in [0, 0.05) is 37.6 Å². The smallest absolute Gasteiger partial charge is 0.262 e. The van der Waals surface area contributed by atoms with Gasteiger partial charge in [-0.15, -0.1) is 12.4 Å². The molecule has 0 bridgehead atoms. The van der Waals surface area contributed by atoms with Crippen LogP contribution in [-0.4, -0.2) is 66.3 Å². The van der Waals surface area contributed by atoms with Crippen LogP contribution in [0.5, 0.6) is 0 Å². The fourth-order valence-corrected chi connectivity index (χ4v) is 3.23. The van der Waals surface area contributed by atoms with E-state index in [9.17, 15) is 22.8 Å². The van der Waals surface area contributed by atoms with Gasteiger partial charge in [-0.1, -0.05) is 11.6 Å². The Morgan fingerprint density at radius 2 is 1.77 bits per heavy atom. The molecule has 2 aliphatic heterocycles. The van der Waals surface area contributed by atoms with E-state index >= 15 is 0 Å². The van der Waals surface area contributed by atoms with Crippen LogP contribution in [0, 0.1) is 5.82 Å². The third-order valence-corrected chi connectivity index (χ3v) is 4.68. The molecule has 0 radical (unpaired) electrons. The largest absolute Gasteiger partial charge is 0.338 e. The van der Waals surface area contributed by atoms with Gasteiger partial charge in [-0.05, 0) is 18.2 Å². The molecule has 2 amide bonds. The van der Waals surface area contributed by atoms with E-state index in [1.807, 2.05) is 0 Å². The third-order valence-electron chi connectivity index (χ3n) is 4.45. The topological polar surface area (TPSA) is 52.7 Å². The molecule has 0 saturated carbocycles. The van der Waals surface area contributed by atoms with Crippen LogP contribution >= 0.6 is 24.0 Å². The number of carbonyl (C=O) groups is 2. The molecular formula is C16H18Cl2F3N3O2. The fourth-order valence-electron chi connectivity index (χ4n) is 3.07. The average Bonchev–Trinajstić information content (AvgIpc) is 2.94. The van der Waals surface area contributed by atoms with Crippen molar-refractivity contribution in [3.8, 4) is 0 Å². The molecule has 1 N–H and O–H groups in total. The van der Waals surface area contributed by atoms with Crippen LogP contribution in [0.15, 0.2) is 18.2 Å². The zero-order valence-electron chi connectivity index (χ0n) is 13.7. The molecule has 2 saturated heterocycles. The van der Waals surface area contributed by atoms with Gasteiger partial charge in [0.1, 0.15) is 5.82 Å². The Hall–Kier alpha value is -1.51. The molecule has 1 atom stereocenters. The number of benzene rings is 1. The highest BCUT2D eigenvalue weighted by Crippen LogP contribution is 2.26. The van der Waals surface area contributed by atoms with Gasteiger partial charge in [-0.3, -0.25) is 14.9 Å². The second kappa shape index (κ2) is 8.02. The molecule has 1 unspecified atom stereocenters. The van der Waals surface area contributed by atoms with Crippen LogP contribution in [-0.2, 0) is 4.79 Å². The summed E-state index contributed by atoms with van der Waals surface area (Å²) in [4.78, 5) is 27.6. The van der Waals surface area contributed by atoms with Gasteiger partial charge in [0.2, 0.25) is 5.91 Å². The number of rotatable bonds is 2. The van der Waals surface area contributed by atoms with Crippen molar-refractivity contribution in [3.05, 3.63) is 34.6 Å². The second-order valence-corrected chi connectivity index (χ2v) is 6.67. The molecule has 3 rings (SSSR count). The van der Waals surface area contributed by atoms with Gasteiger partial charge in [0.15, 0.2) is 0 Å². The monoisotopic (exact) mass is 411 g/mol. The van der Waals surface area contributed by atoms with Gasteiger partial charge < -0.3 is 9.80 Å². The summed E-state index contributed by atoms with van der Waals surface area (Å²) in [5, 5.41) is 2.73. The molecule has 144 valence electrons. The summed E-state index contributed by atoms with van der Waals surface area (Å²) in [7, 11) is 0. The van der Waals surface area contributed by atoms with Crippen molar-refractivity contribution in [3.63, 3.8) is 0 Å². The minimum Gasteiger partial charge on any atom is -0.338 e. The summed E-state index contributed by atoms with van der Waals surface area (Å²) in [5.74, 6) is -4.44. The SMILES string of the molecule is Cl.O=C(c1ccc(Cl)cc1F)N1CCN(C(=O)C2CC(F)(F)CN2)CC1. The average molecular weight is 412 g/mol. The highest BCUT2D eigenvalue weighted by atomic mass is 35.5. The Morgan fingerprint density at radius 1 is 1.15 bits per heavy atom. The maximum Gasteiger partial charge on any atom is 0.262 e. The lowest BCUT2D eigenvalue weighted by Gasteiger charge is -2.36. The van der Waals surface area contributed by atoms with Gasteiger partial charge in [-0.2, -0.15) is 0 Å². The fraction of sp³-hybridized carbons (Fsp3) is 0.500. The lowest BCUT2D eigenvalue weighted by molar-refractivity contribution is -0.135. The normalized spacial score (nSPS) is 22.1. The number of hydrogen-bond acceptors (Lipinski definition) is 3.